The van der Waals surface area contributed by atoms with Gasteiger partial charge in [0, 0.05) is 0 Å². The van der Waals surface area contributed by atoms with Gasteiger partial charge in [0.25, 0.3) is 0 Å². The van der Waals surface area contributed by atoms with Gasteiger partial charge in [0.2, 0.25) is 5.91 Å². The monoisotopic (exact) mass is 235 g/mol. The van der Waals surface area contributed by atoms with Crippen LogP contribution in [0.5, 0.6) is 11.5 Å². The summed E-state index contributed by atoms with van der Waals surface area (Å²) in [6, 6.07) is 5.23. The number of methoxy groups -OCH3 is 2. The van der Waals surface area contributed by atoms with Gasteiger partial charge < -0.3 is 9.47 Å². The molecule has 0 spiro atoms. The van der Waals surface area contributed by atoms with Gasteiger partial charge in [0.1, 0.15) is 17.2 Å². The number of amides is 1. The molecule has 1 aliphatic heterocycles. The zero-order valence-corrected chi connectivity index (χ0v) is 9.73. The number of benzene rings is 1. The van der Waals surface area contributed by atoms with Crippen LogP contribution in [0.3, 0.4) is 0 Å². The van der Waals surface area contributed by atoms with Crippen molar-refractivity contribution in [2.75, 3.05) is 25.7 Å². The molecule has 0 aromatic heterocycles. The molecule has 5 nitrogen and oxygen atoms in total. The molecule has 1 aromatic carbocycles. The number of hydrogen-bond acceptors (Lipinski definition) is 4. The molecule has 5 heteroatoms. The Labute approximate surface area is 98.9 Å². The minimum absolute atomic E-state index is 0.0544. The largest absolute Gasteiger partial charge is 0.494 e. The maximum Gasteiger partial charge on any atom is 0.235 e. The lowest BCUT2D eigenvalue weighted by molar-refractivity contribution is -0.121. The summed E-state index contributed by atoms with van der Waals surface area (Å²) in [6.45, 7) is 0.0789. The molecule has 1 amide bonds. The Bertz CT molecular complexity index is 447. The lowest BCUT2D eigenvalue weighted by atomic mass is 10.2. The lowest BCUT2D eigenvalue weighted by Gasteiger charge is -2.20. The van der Waals surface area contributed by atoms with Crippen LogP contribution in [-0.4, -0.2) is 32.5 Å². The first-order valence-corrected chi connectivity index (χ1v) is 5.20. The van der Waals surface area contributed by atoms with Crippen molar-refractivity contribution < 1.29 is 19.1 Å². The van der Waals surface area contributed by atoms with E-state index >= 15 is 0 Å². The van der Waals surface area contributed by atoms with Crippen LogP contribution in [0.2, 0.25) is 0 Å². The SMILES string of the molecule is COc1cccc(OC)c1N1CC(=O)CC1=O. The molecule has 1 aromatic rings. The van der Waals surface area contributed by atoms with E-state index in [0.29, 0.717) is 17.2 Å². The van der Waals surface area contributed by atoms with Crippen molar-refractivity contribution in [1.29, 1.82) is 0 Å². The molecular weight excluding hydrogens is 222 g/mol. The Hall–Kier alpha value is -2.04. The van der Waals surface area contributed by atoms with Crippen molar-refractivity contribution in [1.82, 2.24) is 0 Å². The fourth-order valence-corrected chi connectivity index (χ4v) is 1.89. The number of Topliss-reactive ketones (excluding diaryl/α,β-unsaturated/α-hetero) is 1. The van der Waals surface area contributed by atoms with Crippen LogP contribution in [0.4, 0.5) is 5.69 Å². The molecule has 0 atom stereocenters. The Morgan fingerprint density at radius 2 is 1.71 bits per heavy atom. The third-order valence-electron chi connectivity index (χ3n) is 2.66. The Morgan fingerprint density at radius 3 is 2.12 bits per heavy atom. The van der Waals surface area contributed by atoms with Gasteiger partial charge in [-0.05, 0) is 12.1 Å². The summed E-state index contributed by atoms with van der Waals surface area (Å²) in [6.07, 6.45) is -0.0544. The van der Waals surface area contributed by atoms with E-state index in [-0.39, 0.29) is 24.7 Å². The molecule has 1 aliphatic rings. The standard InChI is InChI=1S/C12H13NO4/c1-16-9-4-3-5-10(17-2)12(9)13-7-8(14)6-11(13)15/h3-5H,6-7H2,1-2H3. The summed E-state index contributed by atoms with van der Waals surface area (Å²) < 4.78 is 10.4. The van der Waals surface area contributed by atoms with Crippen molar-refractivity contribution in [3.63, 3.8) is 0 Å². The number of anilines is 1. The van der Waals surface area contributed by atoms with Crippen LogP contribution >= 0.6 is 0 Å². The summed E-state index contributed by atoms with van der Waals surface area (Å²) in [5.74, 6) is 0.723. The second-order valence-electron chi connectivity index (χ2n) is 3.71. The summed E-state index contributed by atoms with van der Waals surface area (Å²) >= 11 is 0. The molecule has 0 N–H and O–H groups in total. The van der Waals surface area contributed by atoms with Gasteiger partial charge in [0.15, 0.2) is 5.78 Å². The number of ketones is 1. The van der Waals surface area contributed by atoms with E-state index in [1.807, 2.05) is 0 Å². The average Bonchev–Trinajstić information content (AvgIpc) is 2.67. The fraction of sp³-hybridized carbons (Fsp3) is 0.333. The zero-order valence-electron chi connectivity index (χ0n) is 9.73. The third-order valence-corrected chi connectivity index (χ3v) is 2.66. The number of para-hydroxylation sites is 1. The van der Waals surface area contributed by atoms with Crippen molar-refractivity contribution in [3.8, 4) is 11.5 Å². The predicted molar refractivity (Wildman–Crippen MR) is 61.5 cm³/mol. The van der Waals surface area contributed by atoms with Gasteiger partial charge in [-0.2, -0.15) is 0 Å². The minimum Gasteiger partial charge on any atom is -0.494 e. The van der Waals surface area contributed by atoms with Crippen molar-refractivity contribution in [2.45, 2.75) is 6.42 Å². The molecular formula is C12H13NO4. The quantitative estimate of drug-likeness (QED) is 0.734. The van der Waals surface area contributed by atoms with Gasteiger partial charge in [-0.15, -0.1) is 0 Å². The average molecular weight is 235 g/mol. The number of hydrogen-bond donors (Lipinski definition) is 0. The molecule has 0 radical (unpaired) electrons. The van der Waals surface area contributed by atoms with E-state index in [1.165, 1.54) is 19.1 Å². The van der Waals surface area contributed by atoms with Crippen LogP contribution in [0, 0.1) is 0 Å². The highest BCUT2D eigenvalue weighted by Gasteiger charge is 2.32. The number of carbonyl (C=O) groups excluding carboxylic acids is 2. The van der Waals surface area contributed by atoms with Crippen molar-refractivity contribution in [2.24, 2.45) is 0 Å². The normalized spacial score (nSPS) is 15.3. The zero-order chi connectivity index (χ0) is 12.4. The number of carbonyl (C=O) groups is 2. The predicted octanol–water partition coefficient (Wildman–Crippen LogP) is 1.01. The maximum absolute atomic E-state index is 11.7. The molecule has 17 heavy (non-hydrogen) atoms. The van der Waals surface area contributed by atoms with Gasteiger partial charge >= 0.3 is 0 Å². The first-order chi connectivity index (χ1) is 8.17. The third kappa shape index (κ3) is 1.95. The summed E-state index contributed by atoms with van der Waals surface area (Å²) in [7, 11) is 3.03. The van der Waals surface area contributed by atoms with E-state index in [2.05, 4.69) is 0 Å². The first-order valence-electron chi connectivity index (χ1n) is 5.20. The van der Waals surface area contributed by atoms with Gasteiger partial charge in [-0.25, -0.2) is 0 Å². The highest BCUT2D eigenvalue weighted by molar-refractivity contribution is 6.16. The van der Waals surface area contributed by atoms with E-state index in [4.69, 9.17) is 9.47 Å². The second-order valence-corrected chi connectivity index (χ2v) is 3.71. The Morgan fingerprint density at radius 1 is 1.12 bits per heavy atom. The Balaban J connectivity index is 2.49. The summed E-state index contributed by atoms with van der Waals surface area (Å²) in [4.78, 5) is 24.4. The molecule has 0 unspecified atom stereocenters. The summed E-state index contributed by atoms with van der Waals surface area (Å²) in [5.41, 5.74) is 0.522. The second kappa shape index (κ2) is 4.45. The molecule has 2 rings (SSSR count). The first kappa shape index (κ1) is 11.4. The molecule has 1 saturated heterocycles. The molecule has 0 saturated carbocycles. The lowest BCUT2D eigenvalue weighted by Crippen LogP contribution is -2.25. The molecule has 0 bridgehead atoms. The molecule has 0 aliphatic carbocycles. The minimum atomic E-state index is -0.224. The van der Waals surface area contributed by atoms with E-state index in [0.717, 1.165) is 0 Å². The highest BCUT2D eigenvalue weighted by atomic mass is 16.5. The smallest absolute Gasteiger partial charge is 0.235 e. The number of nitrogens with zero attached hydrogens (tertiary/aromatic N) is 1. The van der Waals surface area contributed by atoms with Crippen molar-refractivity contribution in [3.05, 3.63) is 18.2 Å². The van der Waals surface area contributed by atoms with Gasteiger partial charge in [0.05, 0.1) is 27.2 Å². The maximum atomic E-state index is 11.7. The van der Waals surface area contributed by atoms with Crippen molar-refractivity contribution >= 4 is 17.4 Å². The number of ether oxygens (including phenoxy) is 2. The fourth-order valence-electron chi connectivity index (χ4n) is 1.89. The molecule has 90 valence electrons. The molecule has 1 heterocycles. The van der Waals surface area contributed by atoms with Crippen LogP contribution in [0.15, 0.2) is 18.2 Å². The van der Waals surface area contributed by atoms with Gasteiger partial charge in [-0.3, -0.25) is 14.5 Å². The highest BCUT2D eigenvalue weighted by Crippen LogP contribution is 2.39. The van der Waals surface area contributed by atoms with Crippen LogP contribution in [0.25, 0.3) is 0 Å². The Kier molecular flexibility index (Phi) is 2.99. The van der Waals surface area contributed by atoms with Gasteiger partial charge in [-0.1, -0.05) is 6.07 Å². The summed E-state index contributed by atoms with van der Waals surface area (Å²) in [5, 5.41) is 0. The molecule has 1 fully saturated rings. The van der Waals surface area contributed by atoms with Crippen LogP contribution in [0.1, 0.15) is 6.42 Å². The van der Waals surface area contributed by atoms with E-state index in [9.17, 15) is 9.59 Å². The van der Waals surface area contributed by atoms with E-state index < -0.39 is 0 Å². The topological polar surface area (TPSA) is 55.8 Å². The van der Waals surface area contributed by atoms with Crippen LogP contribution < -0.4 is 14.4 Å². The number of rotatable bonds is 3. The van der Waals surface area contributed by atoms with E-state index in [1.54, 1.807) is 18.2 Å². The van der Waals surface area contributed by atoms with Crippen LogP contribution in [-0.2, 0) is 9.59 Å².